The van der Waals surface area contributed by atoms with Gasteiger partial charge in [0.1, 0.15) is 11.3 Å². The van der Waals surface area contributed by atoms with Gasteiger partial charge in [-0.2, -0.15) is 0 Å². The minimum atomic E-state index is -1.05. The van der Waals surface area contributed by atoms with Crippen molar-refractivity contribution < 1.29 is 19.4 Å². The third kappa shape index (κ3) is 3.12. The minimum absolute atomic E-state index is 0.171. The van der Waals surface area contributed by atoms with Gasteiger partial charge in [0.05, 0.1) is 0 Å². The van der Waals surface area contributed by atoms with E-state index in [-0.39, 0.29) is 6.61 Å². The molecule has 0 aromatic heterocycles. The molecule has 1 aliphatic rings. The van der Waals surface area contributed by atoms with Crippen molar-refractivity contribution in [3.05, 3.63) is 27.8 Å². The van der Waals surface area contributed by atoms with Gasteiger partial charge in [-0.25, -0.2) is 4.79 Å². The lowest BCUT2D eigenvalue weighted by Crippen LogP contribution is -2.45. The lowest BCUT2D eigenvalue weighted by atomic mass is 10.3. The molecule has 0 saturated heterocycles. The zero-order chi connectivity index (χ0) is 13.2. The number of hydrogen-bond donors (Lipinski definition) is 2. The van der Waals surface area contributed by atoms with Crippen LogP contribution in [0.25, 0.3) is 0 Å². The number of halogens is 1. The van der Waals surface area contributed by atoms with Crippen molar-refractivity contribution in [1.29, 1.82) is 0 Å². The zero-order valence-corrected chi connectivity index (χ0v) is 11.6. The molecule has 96 valence electrons. The first-order valence-corrected chi connectivity index (χ1v) is 6.52. The number of carbonyl (C=O) groups is 2. The second-order valence-electron chi connectivity index (χ2n) is 4.18. The second-order valence-corrected chi connectivity index (χ2v) is 5.42. The van der Waals surface area contributed by atoms with Crippen molar-refractivity contribution in [2.75, 3.05) is 6.61 Å². The second kappa shape index (κ2) is 5.13. The van der Waals surface area contributed by atoms with Crippen molar-refractivity contribution in [2.45, 2.75) is 18.4 Å². The van der Waals surface area contributed by atoms with Crippen LogP contribution < -0.4 is 10.1 Å². The number of aliphatic carboxylic acids is 1. The van der Waals surface area contributed by atoms with Gasteiger partial charge < -0.3 is 15.2 Å². The van der Waals surface area contributed by atoms with E-state index in [1.54, 1.807) is 12.1 Å². The van der Waals surface area contributed by atoms with Gasteiger partial charge in [-0.3, -0.25) is 4.79 Å². The zero-order valence-electron chi connectivity index (χ0n) is 9.48. The van der Waals surface area contributed by atoms with Crippen LogP contribution in [-0.2, 0) is 9.59 Å². The Bertz CT molecular complexity index is 467. The number of amides is 1. The van der Waals surface area contributed by atoms with E-state index in [0.717, 1.165) is 3.57 Å². The van der Waals surface area contributed by atoms with E-state index in [1.807, 2.05) is 12.1 Å². The van der Waals surface area contributed by atoms with Crippen molar-refractivity contribution in [1.82, 2.24) is 5.32 Å². The smallest absolute Gasteiger partial charge is 0.329 e. The number of carboxylic acids is 1. The van der Waals surface area contributed by atoms with Crippen LogP contribution in [0.4, 0.5) is 0 Å². The fourth-order valence-corrected chi connectivity index (χ4v) is 1.86. The topological polar surface area (TPSA) is 75.6 Å². The molecule has 5 nitrogen and oxygen atoms in total. The summed E-state index contributed by atoms with van der Waals surface area (Å²) in [5.41, 5.74) is -1.05. The van der Waals surface area contributed by atoms with E-state index in [0.29, 0.717) is 18.6 Å². The Morgan fingerprint density at radius 1 is 1.33 bits per heavy atom. The summed E-state index contributed by atoms with van der Waals surface area (Å²) in [7, 11) is 0. The first-order valence-electron chi connectivity index (χ1n) is 5.45. The van der Waals surface area contributed by atoms with Crippen molar-refractivity contribution in [2.24, 2.45) is 0 Å². The number of nitrogens with one attached hydrogen (secondary N) is 1. The number of ether oxygens (including phenoxy) is 1. The Balaban J connectivity index is 1.82. The summed E-state index contributed by atoms with van der Waals surface area (Å²) >= 11 is 2.17. The fraction of sp³-hybridized carbons (Fsp3) is 0.333. The molecule has 0 heterocycles. The first-order chi connectivity index (χ1) is 8.52. The molecule has 1 saturated carbocycles. The average molecular weight is 361 g/mol. The molecule has 0 spiro atoms. The van der Waals surface area contributed by atoms with E-state index in [1.165, 1.54) is 0 Å². The van der Waals surface area contributed by atoms with Gasteiger partial charge in [0.15, 0.2) is 6.61 Å². The van der Waals surface area contributed by atoms with Gasteiger partial charge in [-0.1, -0.05) is 0 Å². The molecule has 2 N–H and O–H groups in total. The van der Waals surface area contributed by atoms with Gasteiger partial charge in [-0.05, 0) is 59.7 Å². The Morgan fingerprint density at radius 3 is 2.44 bits per heavy atom. The van der Waals surface area contributed by atoms with E-state index in [9.17, 15) is 9.59 Å². The van der Waals surface area contributed by atoms with E-state index < -0.39 is 17.4 Å². The number of rotatable bonds is 5. The Hall–Kier alpha value is -1.31. The first kappa shape index (κ1) is 13.1. The SMILES string of the molecule is O=C(COc1ccc(I)cc1)NC1(C(=O)O)CC1. The lowest BCUT2D eigenvalue weighted by molar-refractivity contribution is -0.143. The minimum Gasteiger partial charge on any atom is -0.484 e. The molecular formula is C12H12INO4. The maximum atomic E-state index is 11.5. The van der Waals surface area contributed by atoms with Gasteiger partial charge in [0.25, 0.3) is 5.91 Å². The molecule has 0 atom stereocenters. The van der Waals surface area contributed by atoms with Crippen molar-refractivity contribution in [3.63, 3.8) is 0 Å². The molecule has 1 aliphatic carbocycles. The van der Waals surface area contributed by atoms with Crippen molar-refractivity contribution >= 4 is 34.5 Å². The molecule has 1 aromatic carbocycles. The van der Waals surface area contributed by atoms with E-state index in [2.05, 4.69) is 27.9 Å². The fourth-order valence-electron chi connectivity index (χ4n) is 1.50. The molecule has 1 aromatic rings. The number of carboxylic acid groups (broad SMARTS) is 1. The van der Waals surface area contributed by atoms with Crippen LogP contribution >= 0.6 is 22.6 Å². The molecule has 1 fully saturated rings. The number of hydrogen-bond acceptors (Lipinski definition) is 3. The van der Waals surface area contributed by atoms with E-state index >= 15 is 0 Å². The highest BCUT2D eigenvalue weighted by molar-refractivity contribution is 14.1. The van der Waals surface area contributed by atoms with Crippen LogP contribution in [0.1, 0.15) is 12.8 Å². The molecule has 6 heteroatoms. The summed E-state index contributed by atoms with van der Waals surface area (Å²) in [6.45, 7) is -0.171. The summed E-state index contributed by atoms with van der Waals surface area (Å²) in [5, 5.41) is 11.4. The highest BCUT2D eigenvalue weighted by atomic mass is 127. The summed E-state index contributed by atoms with van der Waals surface area (Å²) in [6, 6.07) is 7.26. The predicted molar refractivity (Wildman–Crippen MR) is 72.4 cm³/mol. The van der Waals surface area contributed by atoms with Crippen LogP contribution in [0.3, 0.4) is 0 Å². The van der Waals surface area contributed by atoms with Crippen LogP contribution in [0.2, 0.25) is 0 Å². The summed E-state index contributed by atoms with van der Waals surface area (Å²) < 4.78 is 6.34. The van der Waals surface area contributed by atoms with Gasteiger partial charge in [0, 0.05) is 3.57 Å². The van der Waals surface area contributed by atoms with Gasteiger partial charge >= 0.3 is 5.97 Å². The van der Waals surface area contributed by atoms with Crippen LogP contribution in [0, 0.1) is 3.57 Å². The Morgan fingerprint density at radius 2 is 1.94 bits per heavy atom. The maximum absolute atomic E-state index is 11.5. The average Bonchev–Trinajstić information content (AvgIpc) is 3.09. The molecule has 0 aliphatic heterocycles. The normalized spacial score (nSPS) is 15.8. The molecule has 0 unspecified atom stereocenters. The maximum Gasteiger partial charge on any atom is 0.329 e. The Labute approximate surface area is 118 Å². The molecule has 0 radical (unpaired) electrons. The van der Waals surface area contributed by atoms with Crippen molar-refractivity contribution in [3.8, 4) is 5.75 Å². The summed E-state index contributed by atoms with van der Waals surface area (Å²) in [6.07, 6.45) is 0.967. The van der Waals surface area contributed by atoms with Gasteiger partial charge in [0.2, 0.25) is 0 Å². The molecule has 18 heavy (non-hydrogen) atoms. The largest absolute Gasteiger partial charge is 0.484 e. The van der Waals surface area contributed by atoms with Gasteiger partial charge in [-0.15, -0.1) is 0 Å². The quantitative estimate of drug-likeness (QED) is 0.778. The van der Waals surface area contributed by atoms with Crippen LogP contribution in [-0.4, -0.2) is 29.1 Å². The molecule has 2 rings (SSSR count). The monoisotopic (exact) mass is 361 g/mol. The highest BCUT2D eigenvalue weighted by Crippen LogP contribution is 2.35. The summed E-state index contributed by atoms with van der Waals surface area (Å²) in [5.74, 6) is -0.802. The molecule has 0 bridgehead atoms. The Kier molecular flexibility index (Phi) is 3.74. The van der Waals surface area contributed by atoms with Crippen LogP contribution in [0.5, 0.6) is 5.75 Å². The summed E-state index contributed by atoms with van der Waals surface area (Å²) in [4.78, 5) is 22.4. The number of carbonyl (C=O) groups excluding carboxylic acids is 1. The predicted octanol–water partition coefficient (Wildman–Crippen LogP) is 1.40. The lowest BCUT2D eigenvalue weighted by Gasteiger charge is -2.12. The highest BCUT2D eigenvalue weighted by Gasteiger charge is 2.51. The molecular weight excluding hydrogens is 349 g/mol. The molecule has 1 amide bonds. The third-order valence-corrected chi connectivity index (χ3v) is 3.44. The standard InChI is InChI=1S/C12H12INO4/c13-8-1-3-9(4-2-8)18-7-10(15)14-12(5-6-12)11(16)17/h1-4H,5-7H2,(H,14,15)(H,16,17). The van der Waals surface area contributed by atoms with Crippen LogP contribution in [0.15, 0.2) is 24.3 Å². The van der Waals surface area contributed by atoms with E-state index in [4.69, 9.17) is 9.84 Å². The third-order valence-electron chi connectivity index (χ3n) is 2.72. The number of benzene rings is 1.